The molecule has 0 spiro atoms. The Morgan fingerprint density at radius 1 is 1.11 bits per heavy atom. The molecule has 0 heterocycles. The van der Waals surface area contributed by atoms with E-state index in [1.165, 1.54) is 0 Å². The molecule has 0 radical (unpaired) electrons. The van der Waals surface area contributed by atoms with Crippen LogP contribution in [0.15, 0.2) is 24.3 Å². The van der Waals surface area contributed by atoms with Gasteiger partial charge in [-0.05, 0) is 11.1 Å². The quantitative estimate of drug-likeness (QED) is 0.584. The summed E-state index contributed by atoms with van der Waals surface area (Å²) in [6, 6.07) is 7.05. The van der Waals surface area contributed by atoms with E-state index in [9.17, 15) is 8.42 Å². The van der Waals surface area contributed by atoms with Crippen molar-refractivity contribution in [3.8, 4) is 0 Å². The zero-order valence-corrected chi connectivity index (χ0v) is 11.5. The Bertz CT molecular complexity index is 484. The molecule has 0 amide bonds. The number of nitrogens with zero attached hydrogens (tertiary/aromatic N) is 1. The van der Waals surface area contributed by atoms with Gasteiger partial charge in [-0.15, -0.1) is 0 Å². The molecule has 7 heteroatoms. The van der Waals surface area contributed by atoms with Crippen molar-refractivity contribution in [2.24, 2.45) is 5.73 Å². The Labute approximate surface area is 113 Å². The number of aliphatic hydroxyl groups is 2. The van der Waals surface area contributed by atoms with Crippen LogP contribution in [0.2, 0.25) is 0 Å². The lowest BCUT2D eigenvalue weighted by Crippen LogP contribution is -2.36. The maximum Gasteiger partial charge on any atom is 0.218 e. The molecule has 0 aliphatic carbocycles. The van der Waals surface area contributed by atoms with Crippen molar-refractivity contribution in [3.05, 3.63) is 35.4 Å². The number of aliphatic hydroxyl groups excluding tert-OH is 2. The highest BCUT2D eigenvalue weighted by atomic mass is 32.2. The maximum absolute atomic E-state index is 12.2. The Balaban J connectivity index is 2.87. The zero-order valence-electron chi connectivity index (χ0n) is 10.7. The molecule has 1 aromatic carbocycles. The smallest absolute Gasteiger partial charge is 0.218 e. The first kappa shape index (κ1) is 16.1. The van der Waals surface area contributed by atoms with Gasteiger partial charge < -0.3 is 15.9 Å². The monoisotopic (exact) mass is 288 g/mol. The molecule has 0 aromatic heterocycles. The number of nitrogens with two attached hydrogens (primary N) is 1. The topological polar surface area (TPSA) is 104 Å². The van der Waals surface area contributed by atoms with Crippen LogP contribution in [-0.4, -0.2) is 49.2 Å². The molecule has 4 N–H and O–H groups in total. The van der Waals surface area contributed by atoms with E-state index in [2.05, 4.69) is 0 Å². The number of benzene rings is 1. The minimum absolute atomic E-state index is 0.0144. The SMILES string of the molecule is NCc1cccc(CS(=O)(=O)N(CCO)CCO)c1. The summed E-state index contributed by atoms with van der Waals surface area (Å²) < 4.78 is 25.4. The average molecular weight is 288 g/mol. The fourth-order valence-electron chi connectivity index (χ4n) is 1.76. The normalized spacial score (nSPS) is 12.0. The van der Waals surface area contributed by atoms with Crippen LogP contribution in [0.3, 0.4) is 0 Å². The Morgan fingerprint density at radius 3 is 2.21 bits per heavy atom. The maximum atomic E-state index is 12.2. The number of hydrogen-bond acceptors (Lipinski definition) is 5. The van der Waals surface area contributed by atoms with Crippen molar-refractivity contribution in [3.63, 3.8) is 0 Å². The van der Waals surface area contributed by atoms with Crippen molar-refractivity contribution in [1.82, 2.24) is 4.31 Å². The third-order valence-corrected chi connectivity index (χ3v) is 4.52. The van der Waals surface area contributed by atoms with E-state index in [1.54, 1.807) is 18.2 Å². The largest absolute Gasteiger partial charge is 0.395 e. The third-order valence-electron chi connectivity index (χ3n) is 2.67. The first-order valence-corrected chi connectivity index (χ1v) is 7.62. The van der Waals surface area contributed by atoms with Crippen molar-refractivity contribution in [1.29, 1.82) is 0 Å². The van der Waals surface area contributed by atoms with Gasteiger partial charge in [-0.2, -0.15) is 4.31 Å². The predicted molar refractivity (Wildman–Crippen MR) is 72.7 cm³/mol. The van der Waals surface area contributed by atoms with Gasteiger partial charge in [0.15, 0.2) is 0 Å². The van der Waals surface area contributed by atoms with E-state index in [-0.39, 0.29) is 32.1 Å². The molecule has 0 fully saturated rings. The van der Waals surface area contributed by atoms with Crippen molar-refractivity contribution in [2.45, 2.75) is 12.3 Å². The summed E-state index contributed by atoms with van der Waals surface area (Å²) >= 11 is 0. The standard InChI is InChI=1S/C12H20N2O4S/c13-9-11-2-1-3-12(8-11)10-19(17,18)14(4-6-15)5-7-16/h1-3,8,15-16H,4-7,9-10,13H2. The van der Waals surface area contributed by atoms with Gasteiger partial charge in [0.25, 0.3) is 0 Å². The van der Waals surface area contributed by atoms with E-state index >= 15 is 0 Å². The number of rotatable bonds is 8. The molecule has 0 saturated heterocycles. The minimum atomic E-state index is -3.55. The van der Waals surface area contributed by atoms with Crippen LogP contribution >= 0.6 is 0 Å². The second-order valence-corrected chi connectivity index (χ2v) is 6.10. The first-order valence-electron chi connectivity index (χ1n) is 6.01. The van der Waals surface area contributed by atoms with E-state index in [0.29, 0.717) is 12.1 Å². The van der Waals surface area contributed by atoms with Crippen molar-refractivity contribution >= 4 is 10.0 Å². The molecule has 1 rings (SSSR count). The van der Waals surface area contributed by atoms with Crippen LogP contribution in [-0.2, 0) is 22.3 Å². The molecule has 19 heavy (non-hydrogen) atoms. The lowest BCUT2D eigenvalue weighted by atomic mass is 10.1. The van der Waals surface area contributed by atoms with Gasteiger partial charge in [0.05, 0.1) is 19.0 Å². The van der Waals surface area contributed by atoms with E-state index < -0.39 is 10.0 Å². The van der Waals surface area contributed by atoms with Gasteiger partial charge in [0.1, 0.15) is 0 Å². The van der Waals surface area contributed by atoms with Crippen LogP contribution < -0.4 is 5.73 Å². The van der Waals surface area contributed by atoms with Crippen LogP contribution in [0.1, 0.15) is 11.1 Å². The molecule has 0 unspecified atom stereocenters. The van der Waals surface area contributed by atoms with Gasteiger partial charge in [0, 0.05) is 19.6 Å². The molecule has 0 bridgehead atoms. The second kappa shape index (κ2) is 7.56. The Hall–Kier alpha value is -0.990. The average Bonchev–Trinajstić information content (AvgIpc) is 2.38. The first-order chi connectivity index (χ1) is 9.03. The number of hydrogen-bond donors (Lipinski definition) is 3. The highest BCUT2D eigenvalue weighted by molar-refractivity contribution is 7.88. The molecule has 108 valence electrons. The molecule has 0 aliphatic heterocycles. The molecule has 6 nitrogen and oxygen atoms in total. The lowest BCUT2D eigenvalue weighted by molar-refractivity contribution is 0.217. The van der Waals surface area contributed by atoms with Crippen LogP contribution in [0.4, 0.5) is 0 Å². The molecule has 1 aromatic rings. The predicted octanol–water partition coefficient (Wildman–Crippen LogP) is -0.738. The van der Waals surface area contributed by atoms with Crippen LogP contribution in [0.25, 0.3) is 0 Å². The lowest BCUT2D eigenvalue weighted by Gasteiger charge is -2.20. The van der Waals surface area contributed by atoms with Crippen LogP contribution in [0, 0.1) is 0 Å². The zero-order chi connectivity index (χ0) is 14.3. The van der Waals surface area contributed by atoms with Crippen LogP contribution in [0.5, 0.6) is 0 Å². The fraction of sp³-hybridized carbons (Fsp3) is 0.500. The summed E-state index contributed by atoms with van der Waals surface area (Å²) in [5.74, 6) is -0.166. The number of sulfonamides is 1. The van der Waals surface area contributed by atoms with E-state index in [1.807, 2.05) is 6.07 Å². The van der Waals surface area contributed by atoms with Gasteiger partial charge in [-0.25, -0.2) is 8.42 Å². The second-order valence-electron chi connectivity index (χ2n) is 4.13. The fourth-order valence-corrected chi connectivity index (χ4v) is 3.26. The van der Waals surface area contributed by atoms with Gasteiger partial charge in [-0.1, -0.05) is 24.3 Å². The summed E-state index contributed by atoms with van der Waals surface area (Å²) in [5, 5.41) is 17.7. The molecule has 0 aliphatic rings. The van der Waals surface area contributed by atoms with Gasteiger partial charge >= 0.3 is 0 Å². The highest BCUT2D eigenvalue weighted by Gasteiger charge is 2.21. The summed E-state index contributed by atoms with van der Waals surface area (Å²) in [7, 11) is -3.55. The van der Waals surface area contributed by atoms with Crippen molar-refractivity contribution < 1.29 is 18.6 Å². The highest BCUT2D eigenvalue weighted by Crippen LogP contribution is 2.12. The summed E-state index contributed by atoms with van der Waals surface area (Å²) in [6.07, 6.45) is 0. The minimum Gasteiger partial charge on any atom is -0.395 e. The van der Waals surface area contributed by atoms with Crippen molar-refractivity contribution in [2.75, 3.05) is 26.3 Å². The molecule has 0 saturated carbocycles. The Morgan fingerprint density at radius 2 is 1.68 bits per heavy atom. The molecular formula is C12H20N2O4S. The van der Waals surface area contributed by atoms with Gasteiger partial charge in [0.2, 0.25) is 10.0 Å². The Kier molecular flexibility index (Phi) is 6.40. The molecule has 0 atom stereocenters. The third kappa shape index (κ3) is 4.88. The summed E-state index contributed by atoms with van der Waals surface area (Å²) in [5.41, 5.74) is 7.02. The molecular weight excluding hydrogens is 268 g/mol. The summed E-state index contributed by atoms with van der Waals surface area (Å²) in [4.78, 5) is 0. The summed E-state index contributed by atoms with van der Waals surface area (Å²) in [6.45, 7) is -0.228. The van der Waals surface area contributed by atoms with Gasteiger partial charge in [-0.3, -0.25) is 0 Å². The van der Waals surface area contributed by atoms with E-state index in [4.69, 9.17) is 15.9 Å². The van der Waals surface area contributed by atoms with E-state index in [0.717, 1.165) is 9.87 Å².